The summed E-state index contributed by atoms with van der Waals surface area (Å²) in [4.78, 5) is 11.1. The smallest absolute Gasteiger partial charge is 0.311 e. The fourth-order valence-electron chi connectivity index (χ4n) is 1.10. The molecule has 0 spiro atoms. The summed E-state index contributed by atoms with van der Waals surface area (Å²) >= 11 is 0. The summed E-state index contributed by atoms with van der Waals surface area (Å²) < 4.78 is 5.07. The number of ether oxygens (including phenoxy) is 1. The minimum Gasteiger partial charge on any atom is -0.465 e. The minimum absolute atomic E-state index is 0.0233. The number of carbonyl (C=O) groups is 1. The number of carbonyl (C=O) groups excluding carboxylic acids is 1. The molecule has 0 saturated carbocycles. The van der Waals surface area contributed by atoms with Crippen molar-refractivity contribution in [2.75, 3.05) is 19.7 Å². The maximum Gasteiger partial charge on any atom is 0.311 e. The number of nitrogens with one attached hydrogen (secondary N) is 1. The van der Waals surface area contributed by atoms with Gasteiger partial charge < -0.3 is 10.1 Å². The molecule has 0 aromatic rings. The number of hydrogen-bond donors (Lipinski definition) is 1. The summed E-state index contributed by atoms with van der Waals surface area (Å²) in [5.74, 6) is 0.108. The van der Waals surface area contributed by atoms with Crippen molar-refractivity contribution in [2.24, 2.45) is 5.92 Å². The van der Waals surface area contributed by atoms with Gasteiger partial charge in [-0.2, -0.15) is 0 Å². The van der Waals surface area contributed by atoms with Crippen molar-refractivity contribution in [2.45, 2.75) is 26.2 Å². The van der Waals surface area contributed by atoms with Crippen LogP contribution in [0.25, 0.3) is 0 Å². The molecule has 0 amide bonds. The van der Waals surface area contributed by atoms with Gasteiger partial charge >= 0.3 is 5.97 Å². The molecule has 1 aliphatic heterocycles. The van der Waals surface area contributed by atoms with E-state index in [2.05, 4.69) is 12.2 Å². The van der Waals surface area contributed by atoms with E-state index in [-0.39, 0.29) is 11.9 Å². The van der Waals surface area contributed by atoms with Crippen LogP contribution in [0, 0.1) is 5.92 Å². The summed E-state index contributed by atoms with van der Waals surface area (Å²) in [7, 11) is 0. The van der Waals surface area contributed by atoms with Gasteiger partial charge in [0.2, 0.25) is 0 Å². The fourth-order valence-corrected chi connectivity index (χ4v) is 1.10. The van der Waals surface area contributed by atoms with Gasteiger partial charge in [-0.15, -0.1) is 0 Å². The molecular weight excluding hydrogens is 154 g/mol. The molecule has 1 heterocycles. The van der Waals surface area contributed by atoms with Gasteiger partial charge in [0.25, 0.3) is 0 Å². The van der Waals surface area contributed by atoms with Crippen LogP contribution in [0.4, 0.5) is 0 Å². The molecule has 0 aromatic heterocycles. The van der Waals surface area contributed by atoms with Crippen molar-refractivity contribution in [3.63, 3.8) is 0 Å². The molecule has 1 N–H and O–H groups in total. The zero-order chi connectivity index (χ0) is 8.81. The second kappa shape index (κ2) is 5.14. The first-order chi connectivity index (χ1) is 5.84. The molecule has 70 valence electrons. The summed E-state index contributed by atoms with van der Waals surface area (Å²) in [6, 6.07) is 0. The lowest BCUT2D eigenvalue weighted by molar-refractivity contribution is -0.150. The molecule has 3 heteroatoms. The number of unbranched alkanes of at least 4 members (excludes halogenated alkanes) is 2. The van der Waals surface area contributed by atoms with Gasteiger partial charge in [0.15, 0.2) is 0 Å². The lowest BCUT2D eigenvalue weighted by Crippen LogP contribution is -2.47. The van der Waals surface area contributed by atoms with Crippen LogP contribution in [0.1, 0.15) is 26.2 Å². The lowest BCUT2D eigenvalue weighted by atomic mass is 10.0. The Hall–Kier alpha value is -0.570. The van der Waals surface area contributed by atoms with Gasteiger partial charge in [0, 0.05) is 13.1 Å². The zero-order valence-corrected chi connectivity index (χ0v) is 7.64. The Kier molecular flexibility index (Phi) is 4.08. The highest BCUT2D eigenvalue weighted by atomic mass is 16.5. The van der Waals surface area contributed by atoms with E-state index < -0.39 is 0 Å². The van der Waals surface area contributed by atoms with E-state index >= 15 is 0 Å². The van der Waals surface area contributed by atoms with E-state index in [0.717, 1.165) is 25.9 Å². The molecule has 0 radical (unpaired) electrons. The SMILES string of the molecule is CCCCCOC(=O)C1CNC1. The van der Waals surface area contributed by atoms with Crippen LogP contribution in [0.15, 0.2) is 0 Å². The molecule has 0 unspecified atom stereocenters. The van der Waals surface area contributed by atoms with Crippen LogP contribution < -0.4 is 5.32 Å². The highest BCUT2D eigenvalue weighted by Crippen LogP contribution is 2.05. The third-order valence-electron chi connectivity index (χ3n) is 2.11. The first kappa shape index (κ1) is 9.52. The Morgan fingerprint density at radius 3 is 2.75 bits per heavy atom. The second-order valence-corrected chi connectivity index (χ2v) is 3.23. The van der Waals surface area contributed by atoms with Gasteiger partial charge in [-0.1, -0.05) is 19.8 Å². The molecular formula is C9H17NO2. The van der Waals surface area contributed by atoms with Gasteiger partial charge in [-0.25, -0.2) is 0 Å². The van der Waals surface area contributed by atoms with E-state index in [1.807, 2.05) is 0 Å². The van der Waals surface area contributed by atoms with Gasteiger partial charge in [-0.3, -0.25) is 4.79 Å². The van der Waals surface area contributed by atoms with Crippen LogP contribution >= 0.6 is 0 Å². The van der Waals surface area contributed by atoms with E-state index in [9.17, 15) is 4.79 Å². The summed E-state index contributed by atoms with van der Waals surface area (Å²) in [6.45, 7) is 4.33. The van der Waals surface area contributed by atoms with Crippen LogP contribution in [0.5, 0.6) is 0 Å². The first-order valence-electron chi connectivity index (χ1n) is 4.72. The molecule has 12 heavy (non-hydrogen) atoms. The highest BCUT2D eigenvalue weighted by Gasteiger charge is 2.25. The van der Waals surface area contributed by atoms with Crippen molar-refractivity contribution in [3.05, 3.63) is 0 Å². The predicted octanol–water partition coefficient (Wildman–Crippen LogP) is 0.939. The Labute approximate surface area is 73.5 Å². The molecule has 0 bridgehead atoms. The molecule has 1 fully saturated rings. The summed E-state index contributed by atoms with van der Waals surface area (Å²) in [5, 5.41) is 3.04. The third kappa shape index (κ3) is 2.81. The number of esters is 1. The topological polar surface area (TPSA) is 38.3 Å². The van der Waals surface area contributed by atoms with Crippen molar-refractivity contribution >= 4 is 5.97 Å². The molecule has 3 nitrogen and oxygen atoms in total. The lowest BCUT2D eigenvalue weighted by Gasteiger charge is -2.24. The largest absolute Gasteiger partial charge is 0.465 e. The van der Waals surface area contributed by atoms with E-state index in [1.165, 1.54) is 6.42 Å². The number of hydrogen-bond acceptors (Lipinski definition) is 3. The average Bonchev–Trinajstić information content (AvgIpc) is 1.95. The van der Waals surface area contributed by atoms with Crippen molar-refractivity contribution in [1.82, 2.24) is 5.32 Å². The van der Waals surface area contributed by atoms with E-state index in [4.69, 9.17) is 4.74 Å². The van der Waals surface area contributed by atoms with Gasteiger partial charge in [0.1, 0.15) is 0 Å². The fraction of sp³-hybridized carbons (Fsp3) is 0.889. The normalized spacial score (nSPS) is 17.1. The van der Waals surface area contributed by atoms with Crippen LogP contribution in [0.3, 0.4) is 0 Å². The van der Waals surface area contributed by atoms with E-state index in [1.54, 1.807) is 0 Å². The van der Waals surface area contributed by atoms with Crippen LogP contribution in [0.2, 0.25) is 0 Å². The Morgan fingerprint density at radius 2 is 2.25 bits per heavy atom. The van der Waals surface area contributed by atoms with Crippen LogP contribution in [-0.2, 0) is 9.53 Å². The Bertz CT molecular complexity index is 143. The van der Waals surface area contributed by atoms with Crippen molar-refractivity contribution < 1.29 is 9.53 Å². The molecule has 0 aliphatic carbocycles. The minimum atomic E-state index is -0.0233. The van der Waals surface area contributed by atoms with Gasteiger partial charge in [0.05, 0.1) is 12.5 Å². The number of rotatable bonds is 5. The van der Waals surface area contributed by atoms with Crippen molar-refractivity contribution in [3.8, 4) is 0 Å². The van der Waals surface area contributed by atoms with Gasteiger partial charge in [-0.05, 0) is 6.42 Å². The maximum absolute atomic E-state index is 11.1. The molecule has 1 saturated heterocycles. The average molecular weight is 171 g/mol. The first-order valence-corrected chi connectivity index (χ1v) is 4.72. The molecule has 1 rings (SSSR count). The molecule has 0 aromatic carbocycles. The standard InChI is InChI=1S/C9H17NO2/c1-2-3-4-5-12-9(11)8-6-10-7-8/h8,10H,2-7H2,1H3. The molecule has 0 atom stereocenters. The Balaban J connectivity index is 1.94. The highest BCUT2D eigenvalue weighted by molar-refractivity contribution is 5.73. The van der Waals surface area contributed by atoms with Crippen LogP contribution in [-0.4, -0.2) is 25.7 Å². The Morgan fingerprint density at radius 1 is 1.50 bits per heavy atom. The monoisotopic (exact) mass is 171 g/mol. The summed E-state index contributed by atoms with van der Waals surface area (Å²) in [5.41, 5.74) is 0. The second-order valence-electron chi connectivity index (χ2n) is 3.23. The third-order valence-corrected chi connectivity index (χ3v) is 2.11. The zero-order valence-electron chi connectivity index (χ0n) is 7.64. The van der Waals surface area contributed by atoms with Crippen molar-refractivity contribution in [1.29, 1.82) is 0 Å². The predicted molar refractivity (Wildman–Crippen MR) is 46.8 cm³/mol. The maximum atomic E-state index is 11.1. The molecule has 1 aliphatic rings. The summed E-state index contributed by atoms with van der Waals surface area (Å²) in [6.07, 6.45) is 3.32. The quantitative estimate of drug-likeness (QED) is 0.494. The van der Waals surface area contributed by atoms with E-state index in [0.29, 0.717) is 6.61 Å².